The molecule has 0 amide bonds. The standard InChI is InChI=1S/C24H34O2/c1-6-19-11-22(25)15(2)16(3)24(19)21-12-20(26-14-17-7-8-17)10-9-18(21)13-23(24,4)5/h9-10,12,15-17,19H,6-8,11,13-14H2,1-5H3. The van der Waals surface area contributed by atoms with Gasteiger partial charge in [0.1, 0.15) is 11.5 Å². The third-order valence-electron chi connectivity index (χ3n) is 8.02. The fraction of sp³-hybridized carbons (Fsp3) is 0.708. The Morgan fingerprint density at radius 1 is 1.19 bits per heavy atom. The van der Waals surface area contributed by atoms with Gasteiger partial charge in [-0.1, -0.05) is 47.1 Å². The van der Waals surface area contributed by atoms with Crippen molar-refractivity contribution in [1.82, 2.24) is 0 Å². The lowest BCUT2D eigenvalue weighted by atomic mass is 9.47. The molecule has 0 N–H and O–H groups in total. The van der Waals surface area contributed by atoms with Gasteiger partial charge in [-0.05, 0) is 65.7 Å². The number of benzene rings is 1. The predicted molar refractivity (Wildman–Crippen MR) is 106 cm³/mol. The first-order valence-corrected chi connectivity index (χ1v) is 10.6. The van der Waals surface area contributed by atoms with Gasteiger partial charge >= 0.3 is 0 Å². The number of rotatable bonds is 4. The van der Waals surface area contributed by atoms with Crippen LogP contribution in [-0.2, 0) is 16.6 Å². The first kappa shape index (κ1) is 18.1. The van der Waals surface area contributed by atoms with Crippen LogP contribution in [0.1, 0.15) is 71.4 Å². The van der Waals surface area contributed by atoms with E-state index in [0.717, 1.165) is 37.5 Å². The average Bonchev–Trinajstić information content (AvgIpc) is 3.39. The van der Waals surface area contributed by atoms with E-state index in [-0.39, 0.29) is 16.7 Å². The molecule has 0 radical (unpaired) electrons. The van der Waals surface area contributed by atoms with Crippen molar-refractivity contribution in [2.24, 2.45) is 29.1 Å². The summed E-state index contributed by atoms with van der Waals surface area (Å²) in [6, 6.07) is 6.81. The molecule has 3 aliphatic rings. The van der Waals surface area contributed by atoms with Crippen LogP contribution in [0, 0.1) is 29.1 Å². The monoisotopic (exact) mass is 354 g/mol. The Balaban J connectivity index is 1.81. The van der Waals surface area contributed by atoms with E-state index in [1.54, 1.807) is 0 Å². The molecule has 0 aliphatic heterocycles. The summed E-state index contributed by atoms with van der Waals surface area (Å²) < 4.78 is 6.14. The maximum atomic E-state index is 12.7. The van der Waals surface area contributed by atoms with Crippen molar-refractivity contribution in [3.63, 3.8) is 0 Å². The fourth-order valence-electron chi connectivity index (χ4n) is 6.41. The number of hydrogen-bond donors (Lipinski definition) is 0. The molecule has 1 aromatic carbocycles. The van der Waals surface area contributed by atoms with Crippen molar-refractivity contribution in [3.05, 3.63) is 29.3 Å². The van der Waals surface area contributed by atoms with Gasteiger partial charge < -0.3 is 4.74 Å². The molecule has 2 heteroatoms. The molecule has 1 aromatic rings. The van der Waals surface area contributed by atoms with Gasteiger partial charge in [0.25, 0.3) is 0 Å². The van der Waals surface area contributed by atoms with Crippen molar-refractivity contribution in [1.29, 1.82) is 0 Å². The number of carbonyl (C=O) groups is 1. The SMILES string of the molecule is CCC1CC(=O)C(C)C(C)C12c1cc(OCC3CC3)ccc1CC2(C)C. The smallest absolute Gasteiger partial charge is 0.136 e. The number of Topliss-reactive ketones (excluding diaryl/α,β-unsaturated/α-hetero) is 1. The van der Waals surface area contributed by atoms with E-state index in [9.17, 15) is 4.79 Å². The molecular weight excluding hydrogens is 320 g/mol. The molecule has 142 valence electrons. The molecule has 0 aromatic heterocycles. The molecule has 2 nitrogen and oxygen atoms in total. The fourth-order valence-corrected chi connectivity index (χ4v) is 6.41. The Hall–Kier alpha value is -1.31. The van der Waals surface area contributed by atoms with E-state index in [1.165, 1.54) is 24.0 Å². The van der Waals surface area contributed by atoms with Crippen LogP contribution in [0.5, 0.6) is 5.75 Å². The predicted octanol–water partition coefficient (Wildman–Crippen LogP) is 5.57. The number of ketones is 1. The van der Waals surface area contributed by atoms with Gasteiger partial charge in [0, 0.05) is 17.8 Å². The van der Waals surface area contributed by atoms with Gasteiger partial charge in [-0.25, -0.2) is 0 Å². The number of ether oxygens (including phenoxy) is 1. The molecule has 4 atom stereocenters. The highest BCUT2D eigenvalue weighted by molar-refractivity contribution is 5.83. The van der Waals surface area contributed by atoms with Crippen LogP contribution in [0.2, 0.25) is 0 Å². The average molecular weight is 355 g/mol. The van der Waals surface area contributed by atoms with Crippen LogP contribution < -0.4 is 4.74 Å². The number of hydrogen-bond acceptors (Lipinski definition) is 2. The summed E-state index contributed by atoms with van der Waals surface area (Å²) in [6.45, 7) is 12.5. The van der Waals surface area contributed by atoms with Gasteiger partial charge in [-0.3, -0.25) is 4.79 Å². The van der Waals surface area contributed by atoms with Crippen LogP contribution in [-0.4, -0.2) is 12.4 Å². The molecule has 1 spiro atoms. The van der Waals surface area contributed by atoms with Gasteiger partial charge in [-0.2, -0.15) is 0 Å². The summed E-state index contributed by atoms with van der Waals surface area (Å²) in [4.78, 5) is 12.7. The highest BCUT2D eigenvalue weighted by atomic mass is 16.5. The van der Waals surface area contributed by atoms with Gasteiger partial charge in [-0.15, -0.1) is 0 Å². The molecule has 2 fully saturated rings. The summed E-state index contributed by atoms with van der Waals surface area (Å²) in [5.74, 6) is 3.18. The third-order valence-corrected chi connectivity index (χ3v) is 8.02. The van der Waals surface area contributed by atoms with Crippen LogP contribution in [0.15, 0.2) is 18.2 Å². The van der Waals surface area contributed by atoms with E-state index in [0.29, 0.717) is 17.6 Å². The lowest BCUT2D eigenvalue weighted by Gasteiger charge is -2.56. The highest BCUT2D eigenvalue weighted by Gasteiger charge is 2.62. The van der Waals surface area contributed by atoms with Gasteiger partial charge in [0.2, 0.25) is 0 Å². The summed E-state index contributed by atoms with van der Waals surface area (Å²) in [7, 11) is 0. The zero-order valence-corrected chi connectivity index (χ0v) is 17.1. The van der Waals surface area contributed by atoms with Crippen molar-refractivity contribution >= 4 is 5.78 Å². The molecule has 0 bridgehead atoms. The lowest BCUT2D eigenvalue weighted by Crippen LogP contribution is -2.56. The minimum absolute atomic E-state index is 0.0728. The van der Waals surface area contributed by atoms with Crippen LogP contribution >= 0.6 is 0 Å². The minimum atomic E-state index is 0.0728. The maximum absolute atomic E-state index is 12.7. The molecule has 26 heavy (non-hydrogen) atoms. The van der Waals surface area contributed by atoms with E-state index >= 15 is 0 Å². The summed E-state index contributed by atoms with van der Waals surface area (Å²) in [6.07, 6.45) is 5.54. The van der Waals surface area contributed by atoms with Crippen molar-refractivity contribution in [2.45, 2.75) is 72.1 Å². The highest BCUT2D eigenvalue weighted by Crippen LogP contribution is 2.64. The van der Waals surface area contributed by atoms with Crippen molar-refractivity contribution in [2.75, 3.05) is 6.61 Å². The lowest BCUT2D eigenvalue weighted by molar-refractivity contribution is -0.135. The van der Waals surface area contributed by atoms with Crippen LogP contribution in [0.3, 0.4) is 0 Å². The summed E-state index contributed by atoms with van der Waals surface area (Å²) in [5.41, 5.74) is 3.19. The number of carbonyl (C=O) groups excluding carboxylic acids is 1. The second kappa shape index (κ2) is 6.11. The molecular formula is C24H34O2. The Labute approximate surface area is 158 Å². The zero-order valence-electron chi connectivity index (χ0n) is 17.1. The van der Waals surface area contributed by atoms with Crippen LogP contribution in [0.25, 0.3) is 0 Å². The van der Waals surface area contributed by atoms with Crippen molar-refractivity contribution in [3.8, 4) is 5.75 Å². The molecule has 0 heterocycles. The normalized spacial score (nSPS) is 35.6. The second-order valence-electron chi connectivity index (χ2n) is 9.86. The third kappa shape index (κ3) is 2.47. The van der Waals surface area contributed by atoms with E-state index in [2.05, 4.69) is 52.8 Å². The van der Waals surface area contributed by atoms with Gasteiger partial charge in [0.15, 0.2) is 0 Å². The first-order chi connectivity index (χ1) is 12.3. The van der Waals surface area contributed by atoms with Crippen molar-refractivity contribution < 1.29 is 9.53 Å². The summed E-state index contributed by atoms with van der Waals surface area (Å²) >= 11 is 0. The molecule has 3 aliphatic carbocycles. The van der Waals surface area contributed by atoms with E-state index in [4.69, 9.17) is 4.74 Å². The minimum Gasteiger partial charge on any atom is -0.493 e. The largest absolute Gasteiger partial charge is 0.493 e. The second-order valence-corrected chi connectivity index (χ2v) is 9.86. The van der Waals surface area contributed by atoms with Gasteiger partial charge in [0.05, 0.1) is 6.61 Å². The Morgan fingerprint density at radius 3 is 2.58 bits per heavy atom. The molecule has 4 unspecified atom stereocenters. The molecule has 0 saturated heterocycles. The quantitative estimate of drug-likeness (QED) is 0.707. The zero-order chi connectivity index (χ0) is 18.7. The Morgan fingerprint density at radius 2 is 1.92 bits per heavy atom. The van der Waals surface area contributed by atoms with E-state index in [1.807, 2.05) is 0 Å². The maximum Gasteiger partial charge on any atom is 0.136 e. The molecule has 4 rings (SSSR count). The summed E-state index contributed by atoms with van der Waals surface area (Å²) in [5, 5.41) is 0. The van der Waals surface area contributed by atoms with E-state index < -0.39 is 0 Å². The Kier molecular flexibility index (Phi) is 4.24. The van der Waals surface area contributed by atoms with Crippen LogP contribution in [0.4, 0.5) is 0 Å². The Bertz CT molecular complexity index is 711. The molecule has 2 saturated carbocycles. The number of fused-ring (bicyclic) bond motifs is 2. The first-order valence-electron chi connectivity index (χ1n) is 10.6. The topological polar surface area (TPSA) is 26.3 Å².